The maximum atomic E-state index is 12.4. The molecule has 0 fully saturated rings. The van der Waals surface area contributed by atoms with Crippen LogP contribution in [0.5, 0.6) is 0 Å². The molecule has 0 N–H and O–H groups in total. The number of esters is 2. The van der Waals surface area contributed by atoms with E-state index in [1.807, 2.05) is 48.5 Å². The highest BCUT2D eigenvalue weighted by Crippen LogP contribution is 2.44. The van der Waals surface area contributed by atoms with Gasteiger partial charge in [-0.05, 0) is 29.2 Å². The standard InChI is InChI=1S/C18H14O3/c1-11(2)17(19)21-18(20)16-14-9-5-3-7-12(14)13-8-4-6-10-15(13)16/h3-10,16H,1H2,2H3. The van der Waals surface area contributed by atoms with Crippen LogP contribution in [0.4, 0.5) is 0 Å². The summed E-state index contributed by atoms with van der Waals surface area (Å²) < 4.78 is 4.93. The third-order valence-electron chi connectivity index (χ3n) is 3.61. The molecule has 0 unspecified atom stereocenters. The quantitative estimate of drug-likeness (QED) is 0.480. The maximum absolute atomic E-state index is 12.4. The predicted molar refractivity (Wildman–Crippen MR) is 79.6 cm³/mol. The molecule has 0 heterocycles. The molecule has 3 rings (SSSR count). The molecular weight excluding hydrogens is 264 g/mol. The molecule has 0 saturated heterocycles. The van der Waals surface area contributed by atoms with Crippen LogP contribution in [0.25, 0.3) is 11.1 Å². The van der Waals surface area contributed by atoms with Crippen LogP contribution in [0, 0.1) is 0 Å². The van der Waals surface area contributed by atoms with Gasteiger partial charge in [-0.15, -0.1) is 0 Å². The van der Waals surface area contributed by atoms with Crippen LogP contribution in [0.15, 0.2) is 60.7 Å². The molecule has 1 aliphatic rings. The minimum Gasteiger partial charge on any atom is -0.389 e. The van der Waals surface area contributed by atoms with E-state index in [4.69, 9.17) is 4.74 Å². The van der Waals surface area contributed by atoms with Gasteiger partial charge in [0.2, 0.25) is 0 Å². The second-order valence-corrected chi connectivity index (χ2v) is 5.10. The van der Waals surface area contributed by atoms with Gasteiger partial charge in [0.15, 0.2) is 0 Å². The number of ether oxygens (including phenoxy) is 1. The first kappa shape index (κ1) is 13.3. The van der Waals surface area contributed by atoms with Crippen LogP contribution in [-0.4, -0.2) is 11.9 Å². The molecule has 0 amide bonds. The highest BCUT2D eigenvalue weighted by atomic mass is 16.6. The van der Waals surface area contributed by atoms with E-state index in [0.29, 0.717) is 0 Å². The molecule has 0 atom stereocenters. The summed E-state index contributed by atoms with van der Waals surface area (Å²) in [5, 5.41) is 0. The molecule has 21 heavy (non-hydrogen) atoms. The first-order chi connectivity index (χ1) is 10.1. The molecule has 0 bridgehead atoms. The Morgan fingerprint density at radius 2 is 1.43 bits per heavy atom. The van der Waals surface area contributed by atoms with E-state index in [2.05, 4.69) is 6.58 Å². The van der Waals surface area contributed by atoms with Crippen molar-refractivity contribution in [3.05, 3.63) is 71.8 Å². The molecule has 0 aromatic heterocycles. The van der Waals surface area contributed by atoms with E-state index in [9.17, 15) is 9.59 Å². The average molecular weight is 278 g/mol. The molecule has 0 saturated carbocycles. The Morgan fingerprint density at radius 3 is 1.90 bits per heavy atom. The average Bonchev–Trinajstić information content (AvgIpc) is 2.81. The minimum atomic E-state index is -0.679. The van der Waals surface area contributed by atoms with E-state index in [1.165, 1.54) is 6.92 Å². The van der Waals surface area contributed by atoms with Gasteiger partial charge in [0, 0.05) is 5.57 Å². The molecule has 0 aliphatic heterocycles. The minimum absolute atomic E-state index is 0.211. The number of rotatable bonds is 2. The molecule has 1 aliphatic carbocycles. The number of fused-ring (bicyclic) bond motifs is 3. The van der Waals surface area contributed by atoms with Gasteiger partial charge in [0.05, 0.1) is 0 Å². The van der Waals surface area contributed by atoms with Crippen molar-refractivity contribution in [1.82, 2.24) is 0 Å². The molecule has 0 spiro atoms. The van der Waals surface area contributed by atoms with Gasteiger partial charge in [-0.1, -0.05) is 55.1 Å². The van der Waals surface area contributed by atoms with E-state index in [1.54, 1.807) is 0 Å². The molecule has 104 valence electrons. The topological polar surface area (TPSA) is 43.4 Å². The van der Waals surface area contributed by atoms with Crippen molar-refractivity contribution in [2.24, 2.45) is 0 Å². The summed E-state index contributed by atoms with van der Waals surface area (Å²) in [6.45, 7) is 5.02. The molecule has 0 radical (unpaired) electrons. The van der Waals surface area contributed by atoms with Crippen LogP contribution < -0.4 is 0 Å². The second kappa shape index (κ2) is 5.02. The summed E-state index contributed by atoms with van der Waals surface area (Å²) in [5.41, 5.74) is 3.98. The first-order valence-electron chi connectivity index (χ1n) is 6.69. The van der Waals surface area contributed by atoms with Gasteiger partial charge < -0.3 is 4.74 Å². The van der Waals surface area contributed by atoms with Crippen LogP contribution in [0.1, 0.15) is 24.0 Å². The fourth-order valence-electron chi connectivity index (χ4n) is 2.65. The van der Waals surface area contributed by atoms with Crippen molar-refractivity contribution in [1.29, 1.82) is 0 Å². The normalized spacial score (nSPS) is 12.4. The Hall–Kier alpha value is -2.68. The van der Waals surface area contributed by atoms with Crippen molar-refractivity contribution in [3.63, 3.8) is 0 Å². The zero-order valence-electron chi connectivity index (χ0n) is 11.6. The van der Waals surface area contributed by atoms with Gasteiger partial charge >= 0.3 is 11.9 Å². The van der Waals surface area contributed by atoms with Gasteiger partial charge in [-0.25, -0.2) is 4.79 Å². The first-order valence-corrected chi connectivity index (χ1v) is 6.69. The lowest BCUT2D eigenvalue weighted by molar-refractivity contribution is -0.157. The highest BCUT2D eigenvalue weighted by Gasteiger charge is 2.35. The summed E-state index contributed by atoms with van der Waals surface area (Å²) in [7, 11) is 0. The third kappa shape index (κ3) is 2.17. The molecule has 2 aromatic carbocycles. The Balaban J connectivity index is 2.05. The Labute approximate surface area is 122 Å². The summed E-state index contributed by atoms with van der Waals surface area (Å²) in [6, 6.07) is 15.4. The maximum Gasteiger partial charge on any atom is 0.340 e. The Morgan fingerprint density at radius 1 is 0.952 bits per heavy atom. The molecule has 3 nitrogen and oxygen atoms in total. The zero-order chi connectivity index (χ0) is 15.0. The van der Waals surface area contributed by atoms with Crippen LogP contribution in [0.3, 0.4) is 0 Å². The number of hydrogen-bond acceptors (Lipinski definition) is 3. The van der Waals surface area contributed by atoms with E-state index in [-0.39, 0.29) is 5.57 Å². The molecule has 2 aromatic rings. The van der Waals surface area contributed by atoms with E-state index in [0.717, 1.165) is 22.3 Å². The fraction of sp³-hybridized carbons (Fsp3) is 0.111. The van der Waals surface area contributed by atoms with Crippen molar-refractivity contribution in [3.8, 4) is 11.1 Å². The fourth-order valence-corrected chi connectivity index (χ4v) is 2.65. The van der Waals surface area contributed by atoms with Crippen molar-refractivity contribution in [2.75, 3.05) is 0 Å². The van der Waals surface area contributed by atoms with E-state index >= 15 is 0 Å². The van der Waals surface area contributed by atoms with Gasteiger partial charge in [0.1, 0.15) is 5.92 Å². The van der Waals surface area contributed by atoms with Crippen molar-refractivity contribution < 1.29 is 14.3 Å². The largest absolute Gasteiger partial charge is 0.389 e. The van der Waals surface area contributed by atoms with Crippen LogP contribution in [-0.2, 0) is 14.3 Å². The van der Waals surface area contributed by atoms with Crippen LogP contribution in [0.2, 0.25) is 0 Å². The zero-order valence-corrected chi connectivity index (χ0v) is 11.6. The molecular formula is C18H14O3. The van der Waals surface area contributed by atoms with Gasteiger partial charge in [-0.3, -0.25) is 4.79 Å². The third-order valence-corrected chi connectivity index (χ3v) is 3.61. The Kier molecular flexibility index (Phi) is 3.18. The lowest BCUT2D eigenvalue weighted by Crippen LogP contribution is -2.19. The number of hydrogen-bond donors (Lipinski definition) is 0. The predicted octanol–water partition coefficient (Wildman–Crippen LogP) is 3.44. The number of carbonyl (C=O) groups excluding carboxylic acids is 2. The summed E-state index contributed by atoms with van der Waals surface area (Å²) in [6.07, 6.45) is 0. The smallest absolute Gasteiger partial charge is 0.340 e. The number of carbonyl (C=O) groups is 2. The summed E-state index contributed by atoms with van der Waals surface area (Å²) >= 11 is 0. The lowest BCUT2D eigenvalue weighted by Gasteiger charge is -2.11. The van der Waals surface area contributed by atoms with Crippen LogP contribution >= 0.6 is 0 Å². The SMILES string of the molecule is C=C(C)C(=O)OC(=O)C1c2ccccc2-c2ccccc21. The summed E-state index contributed by atoms with van der Waals surface area (Å²) in [5.74, 6) is -1.79. The molecule has 3 heteroatoms. The van der Waals surface area contributed by atoms with E-state index < -0.39 is 17.9 Å². The van der Waals surface area contributed by atoms with Gasteiger partial charge in [-0.2, -0.15) is 0 Å². The van der Waals surface area contributed by atoms with Crippen molar-refractivity contribution in [2.45, 2.75) is 12.8 Å². The highest BCUT2D eigenvalue weighted by molar-refractivity contribution is 6.01. The monoisotopic (exact) mass is 278 g/mol. The Bertz CT molecular complexity index is 713. The lowest BCUT2D eigenvalue weighted by atomic mass is 9.97. The summed E-state index contributed by atoms with van der Waals surface area (Å²) in [4.78, 5) is 24.0. The van der Waals surface area contributed by atoms with Crippen molar-refractivity contribution >= 4 is 11.9 Å². The second-order valence-electron chi connectivity index (χ2n) is 5.10. The number of benzene rings is 2. The van der Waals surface area contributed by atoms with Gasteiger partial charge in [0.25, 0.3) is 0 Å².